The standard InChI is InChI=1S/C17H36N2/c1-14(2)6-7-16(5)18-10-13-19-11-8-17(9-12-19)15(3)4/h14-18H,6-13H2,1-5H3. The summed E-state index contributed by atoms with van der Waals surface area (Å²) in [5.41, 5.74) is 0. The lowest BCUT2D eigenvalue weighted by Crippen LogP contribution is -2.40. The van der Waals surface area contributed by atoms with E-state index in [4.69, 9.17) is 0 Å². The third-order valence-corrected chi connectivity index (χ3v) is 4.67. The van der Waals surface area contributed by atoms with Crippen molar-refractivity contribution < 1.29 is 0 Å². The van der Waals surface area contributed by atoms with Crippen molar-refractivity contribution >= 4 is 0 Å². The Morgan fingerprint density at radius 1 is 1.00 bits per heavy atom. The van der Waals surface area contributed by atoms with Crippen LogP contribution in [0.3, 0.4) is 0 Å². The van der Waals surface area contributed by atoms with E-state index in [9.17, 15) is 0 Å². The number of likely N-dealkylation sites (tertiary alicyclic amines) is 1. The lowest BCUT2D eigenvalue weighted by atomic mass is 9.87. The first kappa shape index (κ1) is 17.0. The Kier molecular flexibility index (Phi) is 8.01. The molecule has 0 radical (unpaired) electrons. The van der Waals surface area contributed by atoms with Gasteiger partial charge in [0.15, 0.2) is 0 Å². The topological polar surface area (TPSA) is 15.3 Å². The molecule has 1 aliphatic rings. The number of nitrogens with zero attached hydrogens (tertiary/aromatic N) is 1. The maximum absolute atomic E-state index is 3.68. The molecule has 0 aromatic heterocycles. The first-order valence-electron chi connectivity index (χ1n) is 8.44. The molecule has 0 amide bonds. The molecule has 0 aromatic rings. The van der Waals surface area contributed by atoms with Crippen LogP contribution in [0.2, 0.25) is 0 Å². The van der Waals surface area contributed by atoms with Gasteiger partial charge >= 0.3 is 0 Å². The molecule has 19 heavy (non-hydrogen) atoms. The van der Waals surface area contributed by atoms with Crippen molar-refractivity contribution in [3.05, 3.63) is 0 Å². The van der Waals surface area contributed by atoms with Gasteiger partial charge in [0.1, 0.15) is 0 Å². The summed E-state index contributed by atoms with van der Waals surface area (Å²) < 4.78 is 0. The van der Waals surface area contributed by atoms with Crippen LogP contribution < -0.4 is 5.32 Å². The molecule has 0 spiro atoms. The summed E-state index contributed by atoms with van der Waals surface area (Å²) in [7, 11) is 0. The molecule has 2 nitrogen and oxygen atoms in total. The van der Waals surface area contributed by atoms with Crippen LogP contribution in [0.15, 0.2) is 0 Å². The highest BCUT2D eigenvalue weighted by atomic mass is 15.1. The maximum Gasteiger partial charge on any atom is 0.0107 e. The second kappa shape index (κ2) is 8.97. The highest BCUT2D eigenvalue weighted by Crippen LogP contribution is 2.23. The van der Waals surface area contributed by atoms with Crippen molar-refractivity contribution in [1.82, 2.24) is 10.2 Å². The van der Waals surface area contributed by atoms with Crippen LogP contribution >= 0.6 is 0 Å². The molecule has 1 saturated heterocycles. The Labute approximate surface area is 121 Å². The smallest absolute Gasteiger partial charge is 0.0107 e. The summed E-state index contributed by atoms with van der Waals surface area (Å²) in [6, 6.07) is 0.676. The minimum Gasteiger partial charge on any atom is -0.313 e. The number of nitrogens with one attached hydrogen (secondary N) is 1. The van der Waals surface area contributed by atoms with Crippen molar-refractivity contribution in [2.75, 3.05) is 26.2 Å². The fourth-order valence-corrected chi connectivity index (χ4v) is 3.00. The van der Waals surface area contributed by atoms with Gasteiger partial charge in [-0.15, -0.1) is 0 Å². The number of piperidine rings is 1. The highest BCUT2D eigenvalue weighted by molar-refractivity contribution is 4.75. The zero-order valence-corrected chi connectivity index (χ0v) is 13.9. The van der Waals surface area contributed by atoms with Crippen LogP contribution in [0.1, 0.15) is 60.3 Å². The quantitative estimate of drug-likeness (QED) is 0.721. The van der Waals surface area contributed by atoms with E-state index < -0.39 is 0 Å². The second-order valence-corrected chi connectivity index (χ2v) is 7.25. The molecule has 1 N–H and O–H groups in total. The average Bonchev–Trinajstić information content (AvgIpc) is 2.37. The molecule has 0 aliphatic carbocycles. The Balaban J connectivity index is 2.04. The molecule has 2 heteroatoms. The molecule has 0 saturated carbocycles. The highest BCUT2D eigenvalue weighted by Gasteiger charge is 2.20. The summed E-state index contributed by atoms with van der Waals surface area (Å²) in [4.78, 5) is 2.64. The Morgan fingerprint density at radius 2 is 1.63 bits per heavy atom. The van der Waals surface area contributed by atoms with Crippen molar-refractivity contribution in [2.24, 2.45) is 17.8 Å². The number of hydrogen-bond acceptors (Lipinski definition) is 2. The van der Waals surface area contributed by atoms with Gasteiger partial charge in [-0.1, -0.05) is 27.7 Å². The van der Waals surface area contributed by atoms with Crippen LogP contribution in [0.4, 0.5) is 0 Å². The van der Waals surface area contributed by atoms with Gasteiger partial charge in [0.2, 0.25) is 0 Å². The fraction of sp³-hybridized carbons (Fsp3) is 1.00. The largest absolute Gasteiger partial charge is 0.313 e. The summed E-state index contributed by atoms with van der Waals surface area (Å²) in [6.45, 7) is 16.7. The van der Waals surface area contributed by atoms with E-state index in [0.29, 0.717) is 6.04 Å². The lowest BCUT2D eigenvalue weighted by molar-refractivity contribution is 0.157. The van der Waals surface area contributed by atoms with Gasteiger partial charge in [-0.2, -0.15) is 0 Å². The molecular formula is C17H36N2. The molecule has 1 fully saturated rings. The minimum absolute atomic E-state index is 0.676. The molecule has 1 heterocycles. The predicted molar refractivity (Wildman–Crippen MR) is 85.5 cm³/mol. The SMILES string of the molecule is CC(C)CCC(C)NCCN1CCC(C(C)C)CC1. The van der Waals surface area contributed by atoms with Gasteiger partial charge in [-0.25, -0.2) is 0 Å². The van der Waals surface area contributed by atoms with E-state index in [1.54, 1.807) is 0 Å². The Morgan fingerprint density at radius 3 is 2.16 bits per heavy atom. The van der Waals surface area contributed by atoms with E-state index in [1.807, 2.05) is 0 Å². The van der Waals surface area contributed by atoms with E-state index in [1.165, 1.54) is 45.3 Å². The predicted octanol–water partition coefficient (Wildman–Crippen LogP) is 3.77. The first-order valence-corrected chi connectivity index (χ1v) is 8.44. The Hall–Kier alpha value is -0.0800. The summed E-state index contributed by atoms with van der Waals surface area (Å²) in [6.07, 6.45) is 5.46. The van der Waals surface area contributed by atoms with Crippen molar-refractivity contribution in [2.45, 2.75) is 66.3 Å². The van der Waals surface area contributed by atoms with E-state index in [-0.39, 0.29) is 0 Å². The summed E-state index contributed by atoms with van der Waals surface area (Å²) >= 11 is 0. The van der Waals surface area contributed by atoms with Gasteiger partial charge < -0.3 is 10.2 Å². The van der Waals surface area contributed by atoms with E-state index >= 15 is 0 Å². The molecule has 0 aromatic carbocycles. The van der Waals surface area contributed by atoms with Crippen molar-refractivity contribution in [1.29, 1.82) is 0 Å². The van der Waals surface area contributed by atoms with Crippen LogP contribution in [0.5, 0.6) is 0 Å². The molecule has 1 rings (SSSR count). The van der Waals surface area contributed by atoms with Gasteiger partial charge in [-0.3, -0.25) is 0 Å². The fourth-order valence-electron chi connectivity index (χ4n) is 3.00. The Bertz CT molecular complexity index is 217. The molecule has 114 valence electrons. The summed E-state index contributed by atoms with van der Waals surface area (Å²) in [5, 5.41) is 3.68. The lowest BCUT2D eigenvalue weighted by Gasteiger charge is -2.34. The zero-order valence-electron chi connectivity index (χ0n) is 13.9. The molecule has 0 bridgehead atoms. The second-order valence-electron chi connectivity index (χ2n) is 7.25. The average molecular weight is 268 g/mol. The molecule has 1 atom stereocenters. The third-order valence-electron chi connectivity index (χ3n) is 4.67. The van der Waals surface area contributed by atoms with Crippen molar-refractivity contribution in [3.8, 4) is 0 Å². The van der Waals surface area contributed by atoms with Crippen LogP contribution in [-0.4, -0.2) is 37.1 Å². The van der Waals surface area contributed by atoms with Gasteiger partial charge in [0.25, 0.3) is 0 Å². The molecular weight excluding hydrogens is 232 g/mol. The van der Waals surface area contributed by atoms with Crippen LogP contribution in [0.25, 0.3) is 0 Å². The van der Waals surface area contributed by atoms with Crippen LogP contribution in [0, 0.1) is 17.8 Å². The zero-order chi connectivity index (χ0) is 14.3. The van der Waals surface area contributed by atoms with Gasteiger partial charge in [0.05, 0.1) is 0 Å². The summed E-state index contributed by atoms with van der Waals surface area (Å²) in [5.74, 6) is 2.67. The minimum atomic E-state index is 0.676. The first-order chi connectivity index (χ1) is 8.99. The molecule has 1 aliphatic heterocycles. The van der Waals surface area contributed by atoms with Crippen molar-refractivity contribution in [3.63, 3.8) is 0 Å². The van der Waals surface area contributed by atoms with E-state index in [0.717, 1.165) is 24.3 Å². The normalized spacial score (nSPS) is 20.4. The third kappa shape index (κ3) is 7.31. The number of rotatable bonds is 8. The van der Waals surface area contributed by atoms with Gasteiger partial charge in [0, 0.05) is 19.1 Å². The van der Waals surface area contributed by atoms with E-state index in [2.05, 4.69) is 44.8 Å². The number of hydrogen-bond donors (Lipinski definition) is 1. The monoisotopic (exact) mass is 268 g/mol. The van der Waals surface area contributed by atoms with Gasteiger partial charge in [-0.05, 0) is 63.5 Å². The molecule has 1 unspecified atom stereocenters. The maximum atomic E-state index is 3.68. The van der Waals surface area contributed by atoms with Crippen LogP contribution in [-0.2, 0) is 0 Å².